The molecule has 0 bridgehead atoms. The van der Waals surface area contributed by atoms with Crippen molar-refractivity contribution >= 4 is 5.95 Å². The summed E-state index contributed by atoms with van der Waals surface area (Å²) >= 11 is 0. The number of anilines is 1. The quantitative estimate of drug-likeness (QED) is 0.932. The lowest BCUT2D eigenvalue weighted by Crippen LogP contribution is -2.41. The van der Waals surface area contributed by atoms with Gasteiger partial charge in [0.2, 0.25) is 5.95 Å². The van der Waals surface area contributed by atoms with Crippen LogP contribution in [0.15, 0.2) is 18.2 Å². The van der Waals surface area contributed by atoms with Crippen LogP contribution in [0.4, 0.5) is 14.7 Å². The van der Waals surface area contributed by atoms with Gasteiger partial charge in [0.25, 0.3) is 0 Å². The van der Waals surface area contributed by atoms with Crippen molar-refractivity contribution in [3.8, 4) is 11.3 Å². The van der Waals surface area contributed by atoms with E-state index < -0.39 is 11.6 Å². The van der Waals surface area contributed by atoms with Crippen molar-refractivity contribution in [2.24, 2.45) is 0 Å². The van der Waals surface area contributed by atoms with Gasteiger partial charge in [-0.1, -0.05) is 6.42 Å². The molecule has 1 fully saturated rings. The van der Waals surface area contributed by atoms with E-state index >= 15 is 0 Å². The van der Waals surface area contributed by atoms with E-state index in [4.69, 9.17) is 0 Å². The Morgan fingerprint density at radius 3 is 2.79 bits per heavy atom. The zero-order valence-electron chi connectivity index (χ0n) is 13.9. The fourth-order valence-corrected chi connectivity index (χ4v) is 3.02. The van der Waals surface area contributed by atoms with Gasteiger partial charge in [0, 0.05) is 24.2 Å². The number of hydrogen-bond donors (Lipinski definition) is 1. The Morgan fingerprint density at radius 1 is 1.25 bits per heavy atom. The third-order valence-corrected chi connectivity index (χ3v) is 4.46. The summed E-state index contributed by atoms with van der Waals surface area (Å²) in [7, 11) is 2.12. The molecule has 1 atom stereocenters. The Morgan fingerprint density at radius 2 is 2.08 bits per heavy atom. The molecule has 1 N–H and O–H groups in total. The highest BCUT2D eigenvalue weighted by Crippen LogP contribution is 2.23. The van der Waals surface area contributed by atoms with Crippen LogP contribution >= 0.6 is 0 Å². The van der Waals surface area contributed by atoms with Gasteiger partial charge < -0.3 is 10.2 Å². The fourth-order valence-electron chi connectivity index (χ4n) is 3.02. The number of likely N-dealkylation sites (N-methyl/N-ethyl adjacent to an activating group) is 1. The topological polar surface area (TPSA) is 53.9 Å². The summed E-state index contributed by atoms with van der Waals surface area (Å²) in [4.78, 5) is 6.69. The number of nitrogens with one attached hydrogen (secondary N) is 1. The molecule has 2 heterocycles. The first-order chi connectivity index (χ1) is 11.5. The van der Waals surface area contributed by atoms with Crippen molar-refractivity contribution in [1.82, 2.24) is 20.1 Å². The molecule has 0 radical (unpaired) electrons. The summed E-state index contributed by atoms with van der Waals surface area (Å²) in [5.41, 5.74) is 1.08. The molecule has 128 valence electrons. The molecule has 1 aliphatic rings. The first-order valence-electron chi connectivity index (χ1n) is 8.15. The third-order valence-electron chi connectivity index (χ3n) is 4.46. The molecule has 1 saturated heterocycles. The first-order valence-corrected chi connectivity index (χ1v) is 8.15. The van der Waals surface area contributed by atoms with E-state index in [1.807, 2.05) is 0 Å². The van der Waals surface area contributed by atoms with Gasteiger partial charge >= 0.3 is 0 Å². The molecular weight excluding hydrogens is 312 g/mol. The monoisotopic (exact) mass is 333 g/mol. The maximum atomic E-state index is 13.9. The summed E-state index contributed by atoms with van der Waals surface area (Å²) in [6, 6.07) is 3.84. The van der Waals surface area contributed by atoms with Gasteiger partial charge in [0.15, 0.2) is 0 Å². The minimum Gasteiger partial charge on any atom is -0.351 e. The number of piperidine rings is 1. The van der Waals surface area contributed by atoms with Crippen LogP contribution in [0.2, 0.25) is 0 Å². The molecule has 1 aromatic heterocycles. The lowest BCUT2D eigenvalue weighted by atomic mass is 10.0. The minimum atomic E-state index is -0.668. The number of hydrogen-bond acceptors (Lipinski definition) is 5. The second-order valence-electron chi connectivity index (χ2n) is 6.20. The van der Waals surface area contributed by atoms with Crippen LogP contribution in [-0.4, -0.2) is 46.3 Å². The number of benzene rings is 1. The maximum Gasteiger partial charge on any atom is 0.243 e. The predicted octanol–water partition coefficient (Wildman–Crippen LogP) is 3.02. The van der Waals surface area contributed by atoms with Crippen LogP contribution in [0.3, 0.4) is 0 Å². The van der Waals surface area contributed by atoms with Crippen LogP contribution in [0, 0.1) is 18.6 Å². The summed E-state index contributed by atoms with van der Waals surface area (Å²) in [6.07, 6.45) is 3.62. The van der Waals surface area contributed by atoms with E-state index in [9.17, 15) is 8.78 Å². The zero-order valence-corrected chi connectivity index (χ0v) is 13.9. The van der Waals surface area contributed by atoms with Gasteiger partial charge in [-0.05, 0) is 45.5 Å². The average molecular weight is 333 g/mol. The van der Waals surface area contributed by atoms with E-state index in [-0.39, 0.29) is 5.56 Å². The summed E-state index contributed by atoms with van der Waals surface area (Å²) in [5, 5.41) is 11.3. The van der Waals surface area contributed by atoms with Gasteiger partial charge in [-0.2, -0.15) is 0 Å². The highest BCUT2D eigenvalue weighted by Gasteiger charge is 2.19. The predicted molar refractivity (Wildman–Crippen MR) is 88.7 cm³/mol. The van der Waals surface area contributed by atoms with E-state index in [1.54, 1.807) is 6.92 Å². The van der Waals surface area contributed by atoms with Crippen LogP contribution in [0.5, 0.6) is 0 Å². The van der Waals surface area contributed by atoms with Crippen LogP contribution in [0.1, 0.15) is 25.0 Å². The largest absolute Gasteiger partial charge is 0.351 e. The fraction of sp³-hybridized carbons (Fsp3) is 0.471. The molecule has 0 spiro atoms. The molecule has 1 aromatic carbocycles. The molecular formula is C17H21F2N5. The molecule has 3 rings (SSSR count). The van der Waals surface area contributed by atoms with Gasteiger partial charge in [-0.3, -0.25) is 0 Å². The molecule has 0 saturated carbocycles. The van der Waals surface area contributed by atoms with Crippen molar-refractivity contribution in [1.29, 1.82) is 0 Å². The summed E-state index contributed by atoms with van der Waals surface area (Å²) < 4.78 is 26.9. The SMILES string of the molecule is Cc1nc(NCC2CCCCN2C)nnc1-c1ccc(F)cc1F. The van der Waals surface area contributed by atoms with E-state index in [2.05, 4.69) is 32.4 Å². The Bertz CT molecular complexity index is 722. The normalized spacial score (nSPS) is 18.6. The molecule has 24 heavy (non-hydrogen) atoms. The number of aryl methyl sites for hydroxylation is 1. The summed E-state index contributed by atoms with van der Waals surface area (Å²) in [6.45, 7) is 3.60. The molecule has 7 heteroatoms. The Kier molecular flexibility index (Phi) is 4.99. The molecule has 0 amide bonds. The van der Waals surface area contributed by atoms with E-state index in [0.717, 1.165) is 25.6 Å². The number of nitrogens with zero attached hydrogens (tertiary/aromatic N) is 4. The van der Waals surface area contributed by atoms with E-state index in [0.29, 0.717) is 23.4 Å². The number of halogens is 2. The van der Waals surface area contributed by atoms with Crippen molar-refractivity contribution in [2.45, 2.75) is 32.2 Å². The minimum absolute atomic E-state index is 0.201. The number of likely N-dealkylation sites (tertiary alicyclic amines) is 1. The molecule has 5 nitrogen and oxygen atoms in total. The van der Waals surface area contributed by atoms with Crippen LogP contribution < -0.4 is 5.32 Å². The molecule has 0 aliphatic carbocycles. The molecule has 1 unspecified atom stereocenters. The molecule has 2 aromatic rings. The zero-order chi connectivity index (χ0) is 17.1. The van der Waals surface area contributed by atoms with Crippen molar-refractivity contribution < 1.29 is 8.78 Å². The van der Waals surface area contributed by atoms with Crippen molar-refractivity contribution in [3.05, 3.63) is 35.5 Å². The Balaban J connectivity index is 1.72. The smallest absolute Gasteiger partial charge is 0.243 e. The highest BCUT2D eigenvalue weighted by molar-refractivity contribution is 5.62. The number of aromatic nitrogens is 3. The Hall–Kier alpha value is -2.15. The van der Waals surface area contributed by atoms with Gasteiger partial charge in [0.1, 0.15) is 17.3 Å². The second kappa shape index (κ2) is 7.17. The standard InChI is InChI=1S/C17H21F2N5/c1-11-16(14-7-6-12(18)9-15(14)19)22-23-17(21-11)20-10-13-5-3-4-8-24(13)2/h6-7,9,13H,3-5,8,10H2,1-2H3,(H,20,21,23). The van der Waals surface area contributed by atoms with Crippen LogP contribution in [0.25, 0.3) is 11.3 Å². The van der Waals surface area contributed by atoms with Gasteiger partial charge in [-0.15, -0.1) is 10.2 Å². The highest BCUT2D eigenvalue weighted by atomic mass is 19.1. The Labute approximate surface area is 140 Å². The van der Waals surface area contributed by atoms with Gasteiger partial charge in [-0.25, -0.2) is 13.8 Å². The van der Waals surface area contributed by atoms with Crippen molar-refractivity contribution in [2.75, 3.05) is 25.5 Å². The lowest BCUT2D eigenvalue weighted by Gasteiger charge is -2.32. The van der Waals surface area contributed by atoms with Crippen molar-refractivity contribution in [3.63, 3.8) is 0 Å². The van der Waals surface area contributed by atoms with Crippen LogP contribution in [-0.2, 0) is 0 Å². The third kappa shape index (κ3) is 3.67. The molecule has 1 aliphatic heterocycles. The second-order valence-corrected chi connectivity index (χ2v) is 6.20. The lowest BCUT2D eigenvalue weighted by molar-refractivity contribution is 0.194. The van der Waals surface area contributed by atoms with Gasteiger partial charge in [0.05, 0.1) is 5.69 Å². The first kappa shape index (κ1) is 16.7. The number of rotatable bonds is 4. The average Bonchev–Trinajstić information content (AvgIpc) is 2.55. The maximum absolute atomic E-state index is 13.9. The summed E-state index contributed by atoms with van der Waals surface area (Å²) in [5.74, 6) is -0.860. The van der Waals surface area contributed by atoms with E-state index in [1.165, 1.54) is 25.0 Å².